The van der Waals surface area contributed by atoms with Gasteiger partial charge in [0.1, 0.15) is 23.1 Å². The molecule has 0 saturated heterocycles. The van der Waals surface area contributed by atoms with Crippen LogP contribution in [-0.2, 0) is 22.6 Å². The maximum atomic E-state index is 15.0. The fourth-order valence-electron chi connectivity index (χ4n) is 4.50. The van der Waals surface area contributed by atoms with Gasteiger partial charge >= 0.3 is 5.92 Å². The van der Waals surface area contributed by atoms with Gasteiger partial charge in [-0.25, -0.2) is 14.4 Å². The number of carbonyl (C=O) groups is 1. The van der Waals surface area contributed by atoms with E-state index in [1.807, 2.05) is 26.0 Å². The lowest BCUT2D eigenvalue weighted by Gasteiger charge is -2.30. The number of aryl methyl sites for hydroxylation is 1. The summed E-state index contributed by atoms with van der Waals surface area (Å²) in [7, 11) is 1.73. The molecule has 186 valence electrons. The standard InChI is InChI=1S/C26H29F3N4O2/c1-14-31-19-13-18-20(33(6)23(34)24(18,2)3)12-16(19)22(32-14)30-11-10-15-8-7-9-17(21(15)27)26(28,29)25(4,5)35/h7-9,12-13,35H,10-11H2,1-6H3,(H,30,31,32). The van der Waals surface area contributed by atoms with E-state index in [0.717, 1.165) is 31.2 Å². The Kier molecular flexibility index (Phi) is 5.83. The lowest BCUT2D eigenvalue weighted by Crippen LogP contribution is -2.41. The molecule has 2 N–H and O–H groups in total. The smallest absolute Gasteiger partial charge is 0.303 e. The molecular weight excluding hydrogens is 457 g/mol. The average molecular weight is 487 g/mol. The normalized spacial score (nSPS) is 15.6. The minimum atomic E-state index is -3.75. The maximum absolute atomic E-state index is 15.0. The van der Waals surface area contributed by atoms with Crippen LogP contribution in [0.25, 0.3) is 10.9 Å². The second kappa shape index (κ2) is 8.19. The molecule has 0 spiro atoms. The van der Waals surface area contributed by atoms with E-state index < -0.39 is 28.3 Å². The molecule has 2 heterocycles. The van der Waals surface area contributed by atoms with Gasteiger partial charge in [0.15, 0.2) is 0 Å². The molecule has 4 rings (SSSR count). The van der Waals surface area contributed by atoms with Crippen LogP contribution in [0.2, 0.25) is 0 Å². The van der Waals surface area contributed by atoms with Crippen LogP contribution >= 0.6 is 0 Å². The van der Waals surface area contributed by atoms with Gasteiger partial charge in [-0.2, -0.15) is 8.78 Å². The summed E-state index contributed by atoms with van der Waals surface area (Å²) in [5.74, 6) is -3.77. The highest BCUT2D eigenvalue weighted by Crippen LogP contribution is 2.43. The maximum Gasteiger partial charge on any atom is 0.303 e. The molecule has 35 heavy (non-hydrogen) atoms. The number of hydrogen-bond donors (Lipinski definition) is 2. The van der Waals surface area contributed by atoms with Crippen molar-refractivity contribution in [3.05, 3.63) is 58.7 Å². The van der Waals surface area contributed by atoms with Crippen molar-refractivity contribution in [1.82, 2.24) is 9.97 Å². The molecule has 6 nitrogen and oxygen atoms in total. The Hall–Kier alpha value is -3.20. The predicted octanol–water partition coefficient (Wildman–Crippen LogP) is 4.85. The molecule has 0 saturated carbocycles. The molecular formula is C26H29F3N4O2. The molecule has 1 aromatic heterocycles. The summed E-state index contributed by atoms with van der Waals surface area (Å²) in [4.78, 5) is 23.3. The monoisotopic (exact) mass is 486 g/mol. The van der Waals surface area contributed by atoms with Crippen molar-refractivity contribution < 1.29 is 23.1 Å². The van der Waals surface area contributed by atoms with Gasteiger partial charge in [-0.05, 0) is 70.4 Å². The second-order valence-corrected chi connectivity index (χ2v) is 10.1. The van der Waals surface area contributed by atoms with Crippen LogP contribution in [0.4, 0.5) is 24.7 Å². The molecule has 1 amide bonds. The predicted molar refractivity (Wildman–Crippen MR) is 129 cm³/mol. The number of aliphatic hydroxyl groups is 1. The fraction of sp³-hybridized carbons (Fsp3) is 0.423. The van der Waals surface area contributed by atoms with Gasteiger partial charge in [0.2, 0.25) is 5.91 Å². The van der Waals surface area contributed by atoms with Crippen LogP contribution in [0.15, 0.2) is 30.3 Å². The van der Waals surface area contributed by atoms with Gasteiger partial charge in [-0.1, -0.05) is 12.1 Å². The zero-order valence-electron chi connectivity index (χ0n) is 20.6. The topological polar surface area (TPSA) is 78.4 Å². The van der Waals surface area contributed by atoms with Crippen LogP contribution in [-0.4, -0.2) is 40.2 Å². The Labute approximate surface area is 202 Å². The fourth-order valence-corrected chi connectivity index (χ4v) is 4.50. The van der Waals surface area contributed by atoms with E-state index in [1.165, 1.54) is 12.1 Å². The van der Waals surface area contributed by atoms with Crippen molar-refractivity contribution in [3.63, 3.8) is 0 Å². The van der Waals surface area contributed by atoms with E-state index >= 15 is 0 Å². The minimum absolute atomic E-state index is 0.0137. The number of amides is 1. The van der Waals surface area contributed by atoms with E-state index in [0.29, 0.717) is 22.5 Å². The van der Waals surface area contributed by atoms with Crippen LogP contribution in [0.3, 0.4) is 0 Å². The molecule has 9 heteroatoms. The van der Waals surface area contributed by atoms with Crippen molar-refractivity contribution in [1.29, 1.82) is 0 Å². The molecule has 0 unspecified atom stereocenters. The summed E-state index contributed by atoms with van der Waals surface area (Å²) < 4.78 is 44.1. The second-order valence-electron chi connectivity index (χ2n) is 10.1. The number of fused-ring (bicyclic) bond motifs is 2. The lowest BCUT2D eigenvalue weighted by atomic mass is 9.86. The number of anilines is 2. The van der Waals surface area contributed by atoms with Crippen molar-refractivity contribution in [2.75, 3.05) is 23.8 Å². The van der Waals surface area contributed by atoms with Gasteiger partial charge in [0, 0.05) is 24.7 Å². The van der Waals surface area contributed by atoms with Crippen molar-refractivity contribution in [2.24, 2.45) is 0 Å². The van der Waals surface area contributed by atoms with Crippen LogP contribution in [0.5, 0.6) is 0 Å². The summed E-state index contributed by atoms with van der Waals surface area (Å²) in [6, 6.07) is 7.55. The summed E-state index contributed by atoms with van der Waals surface area (Å²) >= 11 is 0. The number of hydrogen-bond acceptors (Lipinski definition) is 5. The molecule has 3 aromatic rings. The SMILES string of the molecule is Cc1nc(NCCc2cccc(C(F)(F)C(C)(C)O)c2F)c2cc3c(cc2n1)C(C)(C)C(=O)N3C. The first-order chi connectivity index (χ1) is 16.2. The van der Waals surface area contributed by atoms with Crippen molar-refractivity contribution in [3.8, 4) is 0 Å². The van der Waals surface area contributed by atoms with Gasteiger partial charge in [0.25, 0.3) is 0 Å². The number of alkyl halides is 2. The van der Waals surface area contributed by atoms with Gasteiger partial charge in [0.05, 0.1) is 16.5 Å². The summed E-state index contributed by atoms with van der Waals surface area (Å²) in [5, 5.41) is 13.7. The summed E-state index contributed by atoms with van der Waals surface area (Å²) in [5.41, 5.74) is -1.49. The first-order valence-corrected chi connectivity index (χ1v) is 11.4. The molecule has 0 aliphatic carbocycles. The van der Waals surface area contributed by atoms with E-state index in [-0.39, 0.29) is 24.4 Å². The number of rotatable bonds is 6. The quantitative estimate of drug-likeness (QED) is 0.521. The third kappa shape index (κ3) is 4.01. The highest BCUT2D eigenvalue weighted by atomic mass is 19.3. The number of likely N-dealkylation sites (N-methyl/N-ethyl adjacent to an activating group) is 1. The Morgan fingerprint density at radius 2 is 1.86 bits per heavy atom. The number of halogens is 3. The van der Waals surface area contributed by atoms with Crippen LogP contribution < -0.4 is 10.2 Å². The molecule has 1 aliphatic heterocycles. The summed E-state index contributed by atoms with van der Waals surface area (Å²) in [6.45, 7) is 7.62. The number of carbonyl (C=O) groups excluding carboxylic acids is 1. The first-order valence-electron chi connectivity index (χ1n) is 11.4. The van der Waals surface area contributed by atoms with Crippen LogP contribution in [0, 0.1) is 12.7 Å². The van der Waals surface area contributed by atoms with Crippen molar-refractivity contribution >= 4 is 28.3 Å². The van der Waals surface area contributed by atoms with Gasteiger partial charge in [-0.3, -0.25) is 4.79 Å². The third-order valence-electron chi connectivity index (χ3n) is 6.67. The summed E-state index contributed by atoms with van der Waals surface area (Å²) in [6.07, 6.45) is 0.114. The first kappa shape index (κ1) is 24.9. The average Bonchev–Trinajstić information content (AvgIpc) is 2.92. The Bertz CT molecular complexity index is 1330. The molecule has 0 radical (unpaired) electrons. The Balaban J connectivity index is 1.63. The molecule has 2 aromatic carbocycles. The number of nitrogens with zero attached hydrogens (tertiary/aromatic N) is 3. The van der Waals surface area contributed by atoms with Crippen LogP contribution in [0.1, 0.15) is 50.2 Å². The minimum Gasteiger partial charge on any atom is -0.384 e. The Morgan fingerprint density at radius 3 is 2.51 bits per heavy atom. The van der Waals surface area contributed by atoms with E-state index in [1.54, 1.807) is 18.9 Å². The third-order valence-corrected chi connectivity index (χ3v) is 6.67. The van der Waals surface area contributed by atoms with Gasteiger partial charge in [-0.15, -0.1) is 0 Å². The highest BCUT2D eigenvalue weighted by molar-refractivity contribution is 6.10. The molecule has 0 bridgehead atoms. The molecule has 0 atom stereocenters. The molecule has 1 aliphatic rings. The van der Waals surface area contributed by atoms with E-state index in [4.69, 9.17) is 0 Å². The zero-order chi connectivity index (χ0) is 25.9. The van der Waals surface area contributed by atoms with Crippen molar-refractivity contribution in [2.45, 2.75) is 58.0 Å². The largest absolute Gasteiger partial charge is 0.384 e. The molecule has 0 fully saturated rings. The zero-order valence-corrected chi connectivity index (χ0v) is 20.6. The van der Waals surface area contributed by atoms with E-state index in [9.17, 15) is 23.1 Å². The Morgan fingerprint density at radius 1 is 1.17 bits per heavy atom. The number of benzene rings is 2. The lowest BCUT2D eigenvalue weighted by molar-refractivity contribution is -0.170. The number of nitrogens with one attached hydrogen (secondary N) is 1. The van der Waals surface area contributed by atoms with E-state index in [2.05, 4.69) is 15.3 Å². The highest BCUT2D eigenvalue weighted by Gasteiger charge is 2.49. The number of aromatic nitrogens is 2. The van der Waals surface area contributed by atoms with Gasteiger partial charge < -0.3 is 15.3 Å².